The van der Waals surface area contributed by atoms with Gasteiger partial charge in [0.05, 0.1) is 5.92 Å². The molecular formula is C21H16ClN3O2. The van der Waals surface area contributed by atoms with E-state index in [0.717, 1.165) is 17.5 Å². The minimum atomic E-state index is -0.520. The summed E-state index contributed by atoms with van der Waals surface area (Å²) < 4.78 is 0. The van der Waals surface area contributed by atoms with Crippen molar-refractivity contribution in [3.05, 3.63) is 85.9 Å². The minimum Gasteiger partial charge on any atom is -0.265 e. The van der Waals surface area contributed by atoms with Crippen molar-refractivity contribution >= 4 is 17.2 Å². The number of fused-ring (bicyclic) bond motifs is 1. The summed E-state index contributed by atoms with van der Waals surface area (Å²) in [5.74, 6) is -0.853. The lowest BCUT2D eigenvalue weighted by atomic mass is 9.70. The van der Waals surface area contributed by atoms with Gasteiger partial charge in [0.2, 0.25) is 6.54 Å². The van der Waals surface area contributed by atoms with Crippen molar-refractivity contribution in [2.24, 2.45) is 5.92 Å². The van der Waals surface area contributed by atoms with Gasteiger partial charge in [0.1, 0.15) is 17.7 Å². The van der Waals surface area contributed by atoms with Gasteiger partial charge in [-0.15, -0.1) is 0 Å². The van der Waals surface area contributed by atoms with Crippen LogP contribution in [0.3, 0.4) is 0 Å². The molecule has 6 heteroatoms. The van der Waals surface area contributed by atoms with Gasteiger partial charge in [-0.3, -0.25) is 10.1 Å². The molecule has 2 aromatic carbocycles. The lowest BCUT2D eigenvalue weighted by Crippen LogP contribution is -2.27. The lowest BCUT2D eigenvalue weighted by Gasteiger charge is -2.33. The number of hydrogen-bond acceptors (Lipinski definition) is 4. The number of allylic oxidation sites excluding steroid dienone is 2. The molecule has 2 atom stereocenters. The summed E-state index contributed by atoms with van der Waals surface area (Å²) in [6.45, 7) is -0.315. The Morgan fingerprint density at radius 2 is 1.85 bits per heavy atom. The van der Waals surface area contributed by atoms with Gasteiger partial charge < -0.3 is 0 Å². The van der Waals surface area contributed by atoms with E-state index in [1.54, 1.807) is 24.3 Å². The Balaban J connectivity index is 2.21. The summed E-state index contributed by atoms with van der Waals surface area (Å²) in [6.07, 6.45) is 1.34. The van der Waals surface area contributed by atoms with Crippen LogP contribution in [-0.2, 0) is 6.42 Å². The first-order valence-corrected chi connectivity index (χ1v) is 8.93. The normalized spacial score (nSPS) is 16.6. The summed E-state index contributed by atoms with van der Waals surface area (Å²) >= 11 is 6.35. The number of aryl methyl sites for hydroxylation is 1. The number of benzene rings is 2. The van der Waals surface area contributed by atoms with Crippen LogP contribution in [0.5, 0.6) is 0 Å². The molecule has 0 amide bonds. The Morgan fingerprint density at radius 3 is 2.52 bits per heavy atom. The zero-order valence-corrected chi connectivity index (χ0v) is 15.2. The van der Waals surface area contributed by atoms with Gasteiger partial charge in [-0.05, 0) is 41.2 Å². The fourth-order valence-electron chi connectivity index (χ4n) is 3.90. The van der Waals surface area contributed by atoms with E-state index in [4.69, 9.17) is 11.6 Å². The van der Waals surface area contributed by atoms with Crippen LogP contribution in [0.25, 0.3) is 5.57 Å². The predicted molar refractivity (Wildman–Crippen MR) is 102 cm³/mol. The van der Waals surface area contributed by atoms with Crippen LogP contribution >= 0.6 is 11.6 Å². The van der Waals surface area contributed by atoms with Crippen LogP contribution in [0.2, 0.25) is 5.02 Å². The topological polar surface area (TPSA) is 90.7 Å². The van der Waals surface area contributed by atoms with Crippen LogP contribution in [0.4, 0.5) is 0 Å². The molecule has 0 N–H and O–H groups in total. The monoisotopic (exact) mass is 377 g/mol. The van der Waals surface area contributed by atoms with Crippen molar-refractivity contribution in [2.45, 2.75) is 18.8 Å². The Labute approximate surface area is 162 Å². The van der Waals surface area contributed by atoms with E-state index >= 15 is 0 Å². The second kappa shape index (κ2) is 8.03. The van der Waals surface area contributed by atoms with Crippen LogP contribution < -0.4 is 0 Å². The van der Waals surface area contributed by atoms with E-state index < -0.39 is 5.92 Å². The van der Waals surface area contributed by atoms with E-state index in [0.29, 0.717) is 22.6 Å². The molecule has 1 aliphatic rings. The number of nitro groups is 1. The molecule has 0 saturated heterocycles. The molecule has 134 valence electrons. The van der Waals surface area contributed by atoms with Gasteiger partial charge in [-0.2, -0.15) is 10.5 Å². The summed E-state index contributed by atoms with van der Waals surface area (Å²) in [5, 5.41) is 30.9. The van der Waals surface area contributed by atoms with Gasteiger partial charge in [-0.25, -0.2) is 0 Å². The summed E-state index contributed by atoms with van der Waals surface area (Å²) in [7, 11) is 0. The average molecular weight is 378 g/mol. The Bertz CT molecular complexity index is 985. The van der Waals surface area contributed by atoms with Crippen molar-refractivity contribution in [3.63, 3.8) is 0 Å². The SMILES string of the molecule is N#CC(C#N)=C1c2ccccc2CC[C@H]1[C@@H](C[N+](=O)[O-])c1ccccc1Cl. The van der Waals surface area contributed by atoms with Crippen molar-refractivity contribution in [1.82, 2.24) is 0 Å². The molecule has 0 fully saturated rings. The third-order valence-corrected chi connectivity index (χ3v) is 5.38. The van der Waals surface area contributed by atoms with Crippen molar-refractivity contribution in [3.8, 4) is 12.1 Å². The summed E-state index contributed by atoms with van der Waals surface area (Å²) in [4.78, 5) is 11.1. The van der Waals surface area contributed by atoms with Crippen LogP contribution in [0.15, 0.2) is 54.1 Å². The third kappa shape index (κ3) is 3.69. The zero-order chi connectivity index (χ0) is 19.4. The highest BCUT2D eigenvalue weighted by Gasteiger charge is 2.37. The molecule has 0 radical (unpaired) electrons. The van der Waals surface area contributed by atoms with Crippen LogP contribution in [0.1, 0.15) is 29.0 Å². The van der Waals surface area contributed by atoms with Crippen molar-refractivity contribution in [1.29, 1.82) is 10.5 Å². The van der Waals surface area contributed by atoms with E-state index in [9.17, 15) is 20.6 Å². The molecule has 3 rings (SSSR count). The smallest absolute Gasteiger partial charge is 0.211 e. The quantitative estimate of drug-likeness (QED) is 0.436. The molecular weight excluding hydrogens is 362 g/mol. The van der Waals surface area contributed by atoms with E-state index in [2.05, 4.69) is 0 Å². The molecule has 27 heavy (non-hydrogen) atoms. The first-order chi connectivity index (χ1) is 13.1. The highest BCUT2D eigenvalue weighted by atomic mass is 35.5. The lowest BCUT2D eigenvalue weighted by molar-refractivity contribution is -0.484. The van der Waals surface area contributed by atoms with E-state index in [-0.39, 0.29) is 23.0 Å². The number of rotatable bonds is 4. The highest BCUT2D eigenvalue weighted by Crippen LogP contribution is 2.46. The maximum atomic E-state index is 11.4. The molecule has 0 heterocycles. The highest BCUT2D eigenvalue weighted by molar-refractivity contribution is 6.31. The molecule has 0 aliphatic heterocycles. The first-order valence-electron chi connectivity index (χ1n) is 8.55. The van der Waals surface area contributed by atoms with Gasteiger partial charge >= 0.3 is 0 Å². The molecule has 0 bridgehead atoms. The molecule has 2 aromatic rings. The van der Waals surface area contributed by atoms with Crippen LogP contribution in [-0.4, -0.2) is 11.5 Å². The van der Waals surface area contributed by atoms with Crippen molar-refractivity contribution < 1.29 is 4.92 Å². The number of halogens is 1. The first kappa shape index (κ1) is 18.6. The number of nitrogens with zero attached hydrogens (tertiary/aromatic N) is 3. The van der Waals surface area contributed by atoms with Crippen LogP contribution in [0, 0.1) is 38.7 Å². The second-order valence-electron chi connectivity index (χ2n) is 6.46. The van der Waals surface area contributed by atoms with E-state index in [1.165, 1.54) is 0 Å². The minimum absolute atomic E-state index is 0.00699. The van der Waals surface area contributed by atoms with E-state index in [1.807, 2.05) is 36.4 Å². The fraction of sp³-hybridized carbons (Fsp3) is 0.238. The van der Waals surface area contributed by atoms with Crippen molar-refractivity contribution in [2.75, 3.05) is 6.54 Å². The summed E-state index contributed by atoms with van der Waals surface area (Å²) in [5.41, 5.74) is 3.15. The molecule has 0 spiro atoms. The fourth-order valence-corrected chi connectivity index (χ4v) is 4.18. The molecule has 0 aromatic heterocycles. The zero-order valence-electron chi connectivity index (χ0n) is 14.4. The average Bonchev–Trinajstić information content (AvgIpc) is 2.68. The standard InChI is InChI=1S/C21H16ClN3O2/c22-20-8-4-3-7-17(20)19(13-25(26)27)18-10-9-14-5-1-2-6-16(14)21(18)15(11-23)12-24/h1-8,18-19H,9-10,13H2/t18-,19-/m0/s1. The molecule has 0 unspecified atom stereocenters. The second-order valence-corrected chi connectivity index (χ2v) is 6.87. The Kier molecular flexibility index (Phi) is 5.54. The Hall–Kier alpha value is -3.15. The maximum absolute atomic E-state index is 11.4. The molecule has 0 saturated carbocycles. The van der Waals surface area contributed by atoms with Gasteiger partial charge in [0, 0.05) is 15.9 Å². The van der Waals surface area contributed by atoms with Gasteiger partial charge in [0.25, 0.3) is 0 Å². The molecule has 5 nitrogen and oxygen atoms in total. The van der Waals surface area contributed by atoms with Gasteiger partial charge in [0.15, 0.2) is 0 Å². The summed E-state index contributed by atoms with van der Waals surface area (Å²) in [6, 6.07) is 18.6. The largest absolute Gasteiger partial charge is 0.265 e. The number of hydrogen-bond donors (Lipinski definition) is 0. The number of nitriles is 2. The Morgan fingerprint density at radius 1 is 1.19 bits per heavy atom. The predicted octanol–water partition coefficient (Wildman–Crippen LogP) is 4.76. The maximum Gasteiger partial charge on any atom is 0.211 e. The molecule has 1 aliphatic carbocycles. The third-order valence-electron chi connectivity index (χ3n) is 5.03. The van der Waals surface area contributed by atoms with Gasteiger partial charge in [-0.1, -0.05) is 54.1 Å².